The number of nitrogens with one attached hydrogen (secondary N) is 2. The second-order valence-electron chi connectivity index (χ2n) is 7.63. The smallest absolute Gasteiger partial charge is 0.409 e. The molecule has 1 aliphatic rings. The summed E-state index contributed by atoms with van der Waals surface area (Å²) in [7, 11) is 0. The Morgan fingerprint density at radius 2 is 1.76 bits per heavy atom. The molecule has 0 spiro atoms. The summed E-state index contributed by atoms with van der Waals surface area (Å²) in [5, 5.41) is 48.9. The van der Waals surface area contributed by atoms with Gasteiger partial charge in [-0.1, -0.05) is 18.2 Å². The van der Waals surface area contributed by atoms with Crippen LogP contribution >= 0.6 is 0 Å². The summed E-state index contributed by atoms with van der Waals surface area (Å²) in [5.41, 5.74) is 5.54. The first-order valence-electron chi connectivity index (χ1n) is 10.1. The molecule has 0 saturated heterocycles. The first-order valence-corrected chi connectivity index (χ1v) is 10.1. The molecule has 4 rings (SSSR count). The van der Waals surface area contributed by atoms with E-state index in [9.17, 15) is 20.4 Å². The van der Waals surface area contributed by atoms with Crippen LogP contribution in [0.2, 0.25) is 0 Å². The van der Waals surface area contributed by atoms with Gasteiger partial charge in [-0.05, 0) is 43.7 Å². The highest BCUT2D eigenvalue weighted by molar-refractivity contribution is 5.94. The van der Waals surface area contributed by atoms with Gasteiger partial charge in [0.1, 0.15) is 12.4 Å². The molecule has 164 valence electrons. The van der Waals surface area contributed by atoms with E-state index in [1.807, 2.05) is 32.0 Å². The molecule has 33 heavy (non-hydrogen) atoms. The molecule has 0 aliphatic carbocycles. The number of benzene rings is 2. The zero-order chi connectivity index (χ0) is 23.7. The van der Waals surface area contributed by atoms with Gasteiger partial charge in [-0.15, -0.1) is 0 Å². The second-order valence-corrected chi connectivity index (χ2v) is 7.63. The Morgan fingerprint density at radius 3 is 2.30 bits per heavy atom. The van der Waals surface area contributed by atoms with E-state index in [2.05, 4.69) is 27.9 Å². The number of allylic oxidation sites excluding steroid dienone is 4. The number of aliphatic hydroxyl groups is 1. The largest absolute Gasteiger partial charge is 0.465 e. The lowest BCUT2D eigenvalue weighted by molar-refractivity contribution is 0.201. The van der Waals surface area contributed by atoms with E-state index in [0.29, 0.717) is 39.4 Å². The van der Waals surface area contributed by atoms with Crippen LogP contribution in [-0.4, -0.2) is 26.1 Å². The van der Waals surface area contributed by atoms with Crippen LogP contribution in [0.1, 0.15) is 25.3 Å². The molecule has 0 atom stereocenters. The van der Waals surface area contributed by atoms with Crippen molar-refractivity contribution in [2.45, 2.75) is 26.5 Å². The van der Waals surface area contributed by atoms with E-state index in [1.54, 1.807) is 24.3 Å². The lowest BCUT2D eigenvalue weighted by Gasteiger charge is -2.26. The van der Waals surface area contributed by atoms with Gasteiger partial charge in [0.25, 0.3) is 0 Å². The Morgan fingerprint density at radius 1 is 1.12 bits per heavy atom. The fourth-order valence-electron chi connectivity index (χ4n) is 4.16. The molecule has 0 unspecified atom stereocenters. The SMILES string of the molecule is CC1=C(C#N)C(c2ccc3c(c2)c(-c2ccc(NC(=O)O)cc2)nn3CO)C(C#N)=C(C)N1. The van der Waals surface area contributed by atoms with Crippen molar-refractivity contribution in [2.24, 2.45) is 0 Å². The van der Waals surface area contributed by atoms with Crippen LogP contribution in [0, 0.1) is 22.7 Å². The average Bonchev–Trinajstić information content (AvgIpc) is 3.16. The lowest BCUT2D eigenvalue weighted by Crippen LogP contribution is -2.23. The molecule has 0 radical (unpaired) electrons. The summed E-state index contributed by atoms with van der Waals surface area (Å²) >= 11 is 0. The van der Waals surface area contributed by atoms with Gasteiger partial charge >= 0.3 is 6.09 Å². The fourth-order valence-corrected chi connectivity index (χ4v) is 4.16. The molecular formula is C24H20N6O3. The molecule has 1 aromatic heterocycles. The summed E-state index contributed by atoms with van der Waals surface area (Å²) in [6.07, 6.45) is -1.15. The van der Waals surface area contributed by atoms with Crippen LogP contribution in [0.5, 0.6) is 0 Å². The van der Waals surface area contributed by atoms with Crippen molar-refractivity contribution in [1.82, 2.24) is 15.1 Å². The molecule has 2 aromatic carbocycles. The average molecular weight is 440 g/mol. The maximum Gasteiger partial charge on any atom is 0.409 e. The van der Waals surface area contributed by atoms with Gasteiger partial charge < -0.3 is 15.5 Å². The maximum atomic E-state index is 10.9. The van der Waals surface area contributed by atoms with Crippen LogP contribution < -0.4 is 10.6 Å². The van der Waals surface area contributed by atoms with Crippen molar-refractivity contribution in [3.63, 3.8) is 0 Å². The van der Waals surface area contributed by atoms with Crippen molar-refractivity contribution in [3.8, 4) is 23.4 Å². The van der Waals surface area contributed by atoms with Crippen molar-refractivity contribution >= 4 is 22.7 Å². The Kier molecular flexibility index (Phi) is 5.57. The highest BCUT2D eigenvalue weighted by Crippen LogP contribution is 2.39. The number of aliphatic hydroxyl groups excluding tert-OH is 1. The Balaban J connectivity index is 1.89. The fraction of sp³-hybridized carbons (Fsp3) is 0.167. The van der Waals surface area contributed by atoms with E-state index >= 15 is 0 Å². The number of hydrogen-bond donors (Lipinski definition) is 4. The molecule has 0 saturated carbocycles. The number of aromatic nitrogens is 2. The summed E-state index contributed by atoms with van der Waals surface area (Å²) in [5.74, 6) is -0.516. The van der Waals surface area contributed by atoms with Crippen LogP contribution in [-0.2, 0) is 6.73 Å². The number of nitrogens with zero attached hydrogens (tertiary/aromatic N) is 4. The minimum Gasteiger partial charge on any atom is -0.465 e. The predicted octanol–water partition coefficient (Wildman–Crippen LogP) is 4.02. The van der Waals surface area contributed by atoms with E-state index in [4.69, 9.17) is 5.11 Å². The number of fused-ring (bicyclic) bond motifs is 1. The second kappa shape index (κ2) is 8.50. The van der Waals surface area contributed by atoms with Gasteiger partial charge in [-0.25, -0.2) is 9.48 Å². The van der Waals surface area contributed by atoms with Crippen LogP contribution in [0.25, 0.3) is 22.2 Å². The summed E-state index contributed by atoms with van der Waals surface area (Å²) < 4.78 is 1.46. The molecule has 4 N–H and O–H groups in total. The van der Waals surface area contributed by atoms with Crippen molar-refractivity contribution < 1.29 is 15.0 Å². The monoisotopic (exact) mass is 440 g/mol. The topological polar surface area (TPSA) is 147 Å². The predicted molar refractivity (Wildman–Crippen MR) is 122 cm³/mol. The van der Waals surface area contributed by atoms with Gasteiger partial charge in [-0.2, -0.15) is 15.6 Å². The van der Waals surface area contributed by atoms with E-state index < -0.39 is 12.0 Å². The Bertz CT molecular complexity index is 1380. The van der Waals surface area contributed by atoms with Crippen molar-refractivity contribution in [2.75, 3.05) is 5.32 Å². The summed E-state index contributed by atoms with van der Waals surface area (Å²) in [4.78, 5) is 10.9. The first-order chi connectivity index (χ1) is 15.9. The molecule has 2 heterocycles. The quantitative estimate of drug-likeness (QED) is 0.479. The normalized spacial score (nSPS) is 14.1. The highest BCUT2D eigenvalue weighted by atomic mass is 16.4. The van der Waals surface area contributed by atoms with E-state index in [-0.39, 0.29) is 6.73 Å². The van der Waals surface area contributed by atoms with Crippen molar-refractivity contribution in [3.05, 3.63) is 70.6 Å². The van der Waals surface area contributed by atoms with E-state index in [1.165, 1.54) is 4.68 Å². The third kappa shape index (κ3) is 3.78. The van der Waals surface area contributed by atoms with Crippen LogP contribution in [0.3, 0.4) is 0 Å². The van der Waals surface area contributed by atoms with Gasteiger partial charge in [0.05, 0.1) is 34.7 Å². The minimum atomic E-state index is -1.15. The van der Waals surface area contributed by atoms with Gasteiger partial charge in [0.15, 0.2) is 0 Å². The van der Waals surface area contributed by atoms with Gasteiger partial charge in [0.2, 0.25) is 0 Å². The Labute approximate surface area is 189 Å². The van der Waals surface area contributed by atoms with E-state index in [0.717, 1.165) is 16.5 Å². The van der Waals surface area contributed by atoms with Crippen LogP contribution in [0.4, 0.5) is 10.5 Å². The molecule has 1 aliphatic heterocycles. The zero-order valence-electron chi connectivity index (χ0n) is 17.9. The minimum absolute atomic E-state index is 0.327. The number of dihydropyridines is 1. The number of amides is 1. The van der Waals surface area contributed by atoms with Crippen molar-refractivity contribution in [1.29, 1.82) is 10.5 Å². The lowest BCUT2D eigenvalue weighted by atomic mass is 9.81. The number of nitriles is 2. The number of anilines is 1. The molecule has 0 bridgehead atoms. The third-order valence-electron chi connectivity index (χ3n) is 5.65. The third-order valence-corrected chi connectivity index (χ3v) is 5.65. The zero-order valence-corrected chi connectivity index (χ0v) is 17.9. The van der Waals surface area contributed by atoms with Gasteiger partial charge in [-0.3, -0.25) is 5.32 Å². The number of hydrogen-bond acceptors (Lipinski definition) is 6. The number of carbonyl (C=O) groups is 1. The Hall–Kier alpha value is -4.60. The standard InChI is InChI=1S/C24H20N6O3/c1-13-19(10-25)22(20(11-26)14(2)27-13)16-5-8-21-18(9-16)23(29-30(21)12-31)15-3-6-17(7-4-15)28-24(32)33/h3-9,22,27-28,31H,12H2,1-2H3,(H,32,33). The molecule has 9 heteroatoms. The number of rotatable bonds is 4. The molecular weight excluding hydrogens is 420 g/mol. The van der Waals surface area contributed by atoms with Crippen LogP contribution in [0.15, 0.2) is 65.0 Å². The molecule has 1 amide bonds. The molecule has 9 nitrogen and oxygen atoms in total. The van der Waals surface area contributed by atoms with Gasteiger partial charge in [0, 0.05) is 28.0 Å². The molecule has 0 fully saturated rings. The maximum absolute atomic E-state index is 10.9. The molecule has 3 aromatic rings. The first kappa shape index (κ1) is 21.6. The summed E-state index contributed by atoms with van der Waals surface area (Å²) in [6, 6.07) is 16.7. The summed E-state index contributed by atoms with van der Waals surface area (Å²) in [6.45, 7) is 3.29. The highest BCUT2D eigenvalue weighted by Gasteiger charge is 2.30. The number of carboxylic acid groups (broad SMARTS) is 1.